The van der Waals surface area contributed by atoms with E-state index in [0.29, 0.717) is 5.75 Å². The minimum atomic E-state index is -4.46. The highest BCUT2D eigenvalue weighted by Crippen LogP contribution is 2.50. The maximum Gasteiger partial charge on any atom is 0.357 e. The Morgan fingerprint density at radius 1 is 1.29 bits per heavy atom. The molecule has 0 aliphatic rings. The molecule has 1 aromatic carbocycles. The third-order valence-corrected chi connectivity index (χ3v) is 6.97. The summed E-state index contributed by atoms with van der Waals surface area (Å²) in [6, 6.07) is 3.93. The molecule has 1 aromatic rings. The number of hydrogen-bond donors (Lipinski definition) is 0. The molecule has 138 valence electrons. The minimum Gasteiger partial charge on any atom is -0.307 e. The second-order valence-electron chi connectivity index (χ2n) is 4.88. The monoisotopic (exact) mass is 400 g/mol. The Balaban J connectivity index is 3.08. The van der Waals surface area contributed by atoms with Gasteiger partial charge in [-0.2, -0.15) is 8.42 Å². The van der Waals surface area contributed by atoms with Crippen molar-refractivity contribution in [3.63, 3.8) is 0 Å². The molecule has 10 heteroatoms. The summed E-state index contributed by atoms with van der Waals surface area (Å²) in [5.74, 6) is -0.371. The van der Waals surface area contributed by atoms with Gasteiger partial charge in [-0.15, -0.1) is 11.8 Å². The second kappa shape index (κ2) is 9.31. The molecule has 0 heterocycles. The number of benzene rings is 1. The zero-order valence-electron chi connectivity index (χ0n) is 14.0. The highest BCUT2D eigenvalue weighted by molar-refractivity contribution is 8.00. The van der Waals surface area contributed by atoms with Gasteiger partial charge in [-0.3, -0.25) is 8.75 Å². The highest BCUT2D eigenvalue weighted by Gasteiger charge is 2.32. The lowest BCUT2D eigenvalue weighted by Gasteiger charge is -2.20. The van der Waals surface area contributed by atoms with Gasteiger partial charge in [-0.25, -0.2) is 4.39 Å². The van der Waals surface area contributed by atoms with E-state index in [0.717, 1.165) is 6.07 Å². The molecule has 0 aliphatic heterocycles. The molecular weight excluding hydrogens is 378 g/mol. The Hall–Kier alpha value is -0.440. The third kappa shape index (κ3) is 6.13. The lowest BCUT2D eigenvalue weighted by Crippen LogP contribution is -2.14. The molecule has 1 atom stereocenters. The fourth-order valence-corrected chi connectivity index (χ4v) is 6.05. The average molecular weight is 400 g/mol. The minimum absolute atomic E-state index is 0.0596. The van der Waals surface area contributed by atoms with E-state index in [1.54, 1.807) is 20.8 Å². The fourth-order valence-electron chi connectivity index (χ4n) is 1.81. The van der Waals surface area contributed by atoms with Gasteiger partial charge in [-0.05, 0) is 38.7 Å². The Kier molecular flexibility index (Phi) is 8.38. The van der Waals surface area contributed by atoms with Crippen LogP contribution in [0.15, 0.2) is 28.0 Å². The molecule has 0 saturated carbocycles. The van der Waals surface area contributed by atoms with E-state index in [2.05, 4.69) is 0 Å². The van der Waals surface area contributed by atoms with Crippen LogP contribution >= 0.6 is 19.4 Å². The summed E-state index contributed by atoms with van der Waals surface area (Å²) in [7, 11) is -8.23. The first kappa shape index (κ1) is 21.6. The van der Waals surface area contributed by atoms with Crippen molar-refractivity contribution in [1.82, 2.24) is 0 Å². The van der Waals surface area contributed by atoms with Crippen LogP contribution in [-0.4, -0.2) is 33.2 Å². The first-order valence-electron chi connectivity index (χ1n) is 7.38. The van der Waals surface area contributed by atoms with Gasteiger partial charge >= 0.3 is 17.7 Å². The molecule has 0 saturated heterocycles. The summed E-state index contributed by atoms with van der Waals surface area (Å²) in [4.78, 5) is -0.335. The number of rotatable bonds is 10. The maximum absolute atomic E-state index is 14.0. The first-order chi connectivity index (χ1) is 11.1. The molecule has 1 unspecified atom stereocenters. The summed E-state index contributed by atoms with van der Waals surface area (Å²) >= 11 is 1.17. The van der Waals surface area contributed by atoms with E-state index in [1.165, 1.54) is 23.9 Å². The van der Waals surface area contributed by atoms with Crippen molar-refractivity contribution < 1.29 is 30.6 Å². The summed E-state index contributed by atoms with van der Waals surface area (Å²) in [5, 5.41) is 0. The van der Waals surface area contributed by atoms with Crippen molar-refractivity contribution in [2.24, 2.45) is 0 Å². The summed E-state index contributed by atoms with van der Waals surface area (Å²) < 4.78 is 66.3. The third-order valence-electron chi connectivity index (χ3n) is 2.54. The van der Waals surface area contributed by atoms with Crippen molar-refractivity contribution in [2.45, 2.75) is 43.6 Å². The molecular formula is C14H22FO6PS2. The highest BCUT2D eigenvalue weighted by atomic mass is 32.2. The lowest BCUT2D eigenvalue weighted by atomic mass is 10.3. The Morgan fingerprint density at radius 3 is 2.50 bits per heavy atom. The molecule has 24 heavy (non-hydrogen) atoms. The van der Waals surface area contributed by atoms with E-state index >= 15 is 0 Å². The molecule has 0 radical (unpaired) electrons. The van der Waals surface area contributed by atoms with Crippen LogP contribution in [0.4, 0.5) is 4.39 Å². The summed E-state index contributed by atoms with van der Waals surface area (Å²) in [5.41, 5.74) is 0. The SMILES string of the molecule is CCOP(=O)(COS(=O)(=O)c1c(F)cccc1SCC)OC(C)C. The molecule has 0 fully saturated rings. The zero-order chi connectivity index (χ0) is 18.4. The van der Waals surface area contributed by atoms with Crippen molar-refractivity contribution in [3.8, 4) is 0 Å². The predicted octanol–water partition coefficient (Wildman–Crippen LogP) is 4.26. The molecule has 0 aliphatic carbocycles. The van der Waals surface area contributed by atoms with Gasteiger partial charge in [0.2, 0.25) is 0 Å². The van der Waals surface area contributed by atoms with Gasteiger partial charge in [0.25, 0.3) is 0 Å². The molecule has 1 rings (SSSR count). The Morgan fingerprint density at radius 2 is 1.96 bits per heavy atom. The first-order valence-corrected chi connectivity index (χ1v) is 11.5. The van der Waals surface area contributed by atoms with Crippen LogP contribution in [0.1, 0.15) is 27.7 Å². The van der Waals surface area contributed by atoms with Crippen LogP contribution in [0, 0.1) is 5.82 Å². The summed E-state index contributed by atoms with van der Waals surface area (Å²) in [6.07, 6.45) is -1.26. The van der Waals surface area contributed by atoms with Crippen molar-refractivity contribution in [1.29, 1.82) is 0 Å². The van der Waals surface area contributed by atoms with Gasteiger partial charge in [0.1, 0.15) is 10.7 Å². The van der Waals surface area contributed by atoms with E-state index in [9.17, 15) is 17.4 Å². The molecule has 0 aromatic heterocycles. The van der Waals surface area contributed by atoms with Crippen molar-refractivity contribution >= 4 is 29.5 Å². The topological polar surface area (TPSA) is 78.9 Å². The van der Waals surface area contributed by atoms with Gasteiger partial charge in [-0.1, -0.05) is 13.0 Å². The lowest BCUT2D eigenvalue weighted by molar-refractivity contribution is 0.157. The van der Waals surface area contributed by atoms with Crippen LogP contribution in [0.3, 0.4) is 0 Å². The number of hydrogen-bond acceptors (Lipinski definition) is 7. The van der Waals surface area contributed by atoms with Crippen LogP contribution in [0.2, 0.25) is 0 Å². The largest absolute Gasteiger partial charge is 0.357 e. The fraction of sp³-hybridized carbons (Fsp3) is 0.571. The number of thioether (sulfide) groups is 1. The molecule has 0 bridgehead atoms. The molecule has 0 amide bonds. The normalized spacial score (nSPS) is 14.8. The molecule has 0 spiro atoms. The standard InChI is InChI=1S/C14H22FO6PS2/c1-5-19-22(16,21-11(3)4)10-20-24(17,18)14-12(15)8-7-9-13(14)23-6-2/h7-9,11H,5-6,10H2,1-4H3. The van der Waals surface area contributed by atoms with E-state index in [4.69, 9.17) is 13.2 Å². The van der Waals surface area contributed by atoms with Gasteiger partial charge in [0.15, 0.2) is 6.35 Å². The van der Waals surface area contributed by atoms with Crippen LogP contribution in [0.25, 0.3) is 0 Å². The van der Waals surface area contributed by atoms with E-state index in [-0.39, 0.29) is 11.5 Å². The van der Waals surface area contributed by atoms with Crippen molar-refractivity contribution in [2.75, 3.05) is 18.7 Å². The Bertz CT molecular complexity index is 693. The van der Waals surface area contributed by atoms with Crippen LogP contribution in [0.5, 0.6) is 0 Å². The second-order valence-corrected chi connectivity index (χ2v) is 9.69. The van der Waals surface area contributed by atoms with Gasteiger partial charge in [0, 0.05) is 4.90 Å². The molecule has 0 N–H and O–H groups in total. The average Bonchev–Trinajstić information content (AvgIpc) is 2.45. The van der Waals surface area contributed by atoms with Crippen LogP contribution < -0.4 is 0 Å². The van der Waals surface area contributed by atoms with Crippen molar-refractivity contribution in [3.05, 3.63) is 24.0 Å². The van der Waals surface area contributed by atoms with E-state index in [1.807, 2.05) is 6.92 Å². The van der Waals surface area contributed by atoms with Crippen LogP contribution in [-0.2, 0) is 27.9 Å². The quantitative estimate of drug-likeness (QED) is 0.330. The van der Waals surface area contributed by atoms with E-state index < -0.39 is 40.9 Å². The molecule has 6 nitrogen and oxygen atoms in total. The summed E-state index contributed by atoms with van der Waals surface area (Å²) in [6.45, 7) is 6.73. The van der Waals surface area contributed by atoms with Gasteiger partial charge < -0.3 is 9.05 Å². The smallest absolute Gasteiger partial charge is 0.307 e. The van der Waals surface area contributed by atoms with Gasteiger partial charge in [0.05, 0.1) is 12.7 Å². The Labute approximate surface area is 146 Å². The maximum atomic E-state index is 14.0. The number of halogens is 1. The predicted molar refractivity (Wildman–Crippen MR) is 91.4 cm³/mol. The zero-order valence-corrected chi connectivity index (χ0v) is 16.5.